The molecule has 1 atom stereocenters. The van der Waals surface area contributed by atoms with Crippen LogP contribution in [0.5, 0.6) is 11.5 Å². The van der Waals surface area contributed by atoms with Gasteiger partial charge in [0.25, 0.3) is 0 Å². The zero-order valence-corrected chi connectivity index (χ0v) is 13.1. The minimum absolute atomic E-state index is 0.0359. The number of aliphatic carboxylic acids is 1. The lowest BCUT2D eigenvalue weighted by Crippen LogP contribution is -2.22. The summed E-state index contributed by atoms with van der Waals surface area (Å²) < 4.78 is 11.6. The molecular weight excluding hydrogens is 306 g/mol. The molecule has 1 aromatic carbocycles. The van der Waals surface area contributed by atoms with Crippen molar-refractivity contribution in [2.45, 2.75) is 44.6 Å². The third kappa shape index (κ3) is 2.75. The lowest BCUT2D eigenvalue weighted by Gasteiger charge is -2.31. The highest BCUT2D eigenvalue weighted by atomic mass is 35.5. The summed E-state index contributed by atoms with van der Waals surface area (Å²) in [5.74, 6) is 0.639. The predicted molar refractivity (Wildman–Crippen MR) is 82.9 cm³/mol. The Morgan fingerprint density at radius 2 is 1.82 bits per heavy atom. The molecule has 0 amide bonds. The highest BCUT2D eigenvalue weighted by molar-refractivity contribution is 6.33. The average Bonchev–Trinajstić information content (AvgIpc) is 2.53. The Hall–Kier alpha value is -1.46. The molecule has 120 valence electrons. The van der Waals surface area contributed by atoms with E-state index in [9.17, 15) is 4.79 Å². The molecule has 0 saturated heterocycles. The lowest BCUT2D eigenvalue weighted by atomic mass is 9.88. The number of fused-ring (bicyclic) bond motifs is 2. The van der Waals surface area contributed by atoms with Gasteiger partial charge in [-0.05, 0) is 32.1 Å². The molecule has 2 aliphatic heterocycles. The van der Waals surface area contributed by atoms with Gasteiger partial charge in [0.2, 0.25) is 0 Å². The Kier molecular flexibility index (Phi) is 4.45. The predicted octanol–water partition coefficient (Wildman–Crippen LogP) is 2.85. The van der Waals surface area contributed by atoms with E-state index in [1.54, 1.807) is 0 Å². The molecule has 2 heterocycles. The van der Waals surface area contributed by atoms with Gasteiger partial charge >= 0.3 is 5.97 Å². The van der Waals surface area contributed by atoms with Gasteiger partial charge in [-0.15, -0.1) is 0 Å². The molecule has 0 aromatic heterocycles. The van der Waals surface area contributed by atoms with Gasteiger partial charge in [0.15, 0.2) is 0 Å². The van der Waals surface area contributed by atoms with Crippen LogP contribution in [0.4, 0.5) is 0 Å². The van der Waals surface area contributed by atoms with Crippen LogP contribution in [-0.2, 0) is 17.6 Å². The van der Waals surface area contributed by atoms with E-state index in [1.807, 2.05) is 0 Å². The molecule has 1 aromatic rings. The van der Waals surface area contributed by atoms with Gasteiger partial charge < -0.3 is 20.3 Å². The second kappa shape index (κ2) is 6.34. The van der Waals surface area contributed by atoms with Crippen molar-refractivity contribution in [3.63, 3.8) is 0 Å². The molecule has 22 heavy (non-hydrogen) atoms. The standard InChI is InChI=1S/C16H20ClNO4/c17-14-10-4-2-7-21-15(10)13(11(18)5-6-12(19)20)9-3-1-8-22-16(9)14/h11H,1-8,18H2,(H,19,20). The summed E-state index contributed by atoms with van der Waals surface area (Å²) in [6.07, 6.45) is 3.90. The fraction of sp³-hybridized carbons (Fsp3) is 0.562. The van der Waals surface area contributed by atoms with E-state index >= 15 is 0 Å². The second-order valence-corrected chi connectivity index (χ2v) is 6.16. The third-order valence-electron chi connectivity index (χ3n) is 4.26. The number of carboxylic acids is 1. The molecule has 2 aliphatic rings. The van der Waals surface area contributed by atoms with Crippen LogP contribution in [0, 0.1) is 0 Å². The van der Waals surface area contributed by atoms with Crippen molar-refractivity contribution < 1.29 is 19.4 Å². The Labute approximate surface area is 134 Å². The zero-order valence-electron chi connectivity index (χ0n) is 12.4. The maximum absolute atomic E-state index is 10.8. The fourth-order valence-electron chi connectivity index (χ4n) is 3.24. The van der Waals surface area contributed by atoms with Crippen molar-refractivity contribution in [3.05, 3.63) is 21.7 Å². The Morgan fingerprint density at radius 3 is 2.50 bits per heavy atom. The minimum atomic E-state index is -0.843. The van der Waals surface area contributed by atoms with Crippen LogP contribution in [0.2, 0.25) is 5.02 Å². The Morgan fingerprint density at radius 1 is 1.18 bits per heavy atom. The monoisotopic (exact) mass is 325 g/mol. The molecule has 0 bridgehead atoms. The van der Waals surface area contributed by atoms with Crippen molar-refractivity contribution in [3.8, 4) is 11.5 Å². The largest absolute Gasteiger partial charge is 0.493 e. The van der Waals surface area contributed by atoms with Crippen molar-refractivity contribution >= 4 is 17.6 Å². The lowest BCUT2D eigenvalue weighted by molar-refractivity contribution is -0.137. The van der Waals surface area contributed by atoms with Crippen LogP contribution >= 0.6 is 11.6 Å². The molecule has 0 radical (unpaired) electrons. The maximum Gasteiger partial charge on any atom is 0.303 e. The average molecular weight is 326 g/mol. The van der Waals surface area contributed by atoms with E-state index in [4.69, 9.17) is 31.9 Å². The molecule has 0 spiro atoms. The van der Waals surface area contributed by atoms with Crippen LogP contribution < -0.4 is 15.2 Å². The Balaban J connectivity index is 2.08. The van der Waals surface area contributed by atoms with E-state index in [-0.39, 0.29) is 12.5 Å². The molecule has 0 saturated carbocycles. The van der Waals surface area contributed by atoms with Gasteiger partial charge in [0.05, 0.1) is 18.2 Å². The first-order chi connectivity index (χ1) is 10.6. The number of rotatable bonds is 4. The van der Waals surface area contributed by atoms with E-state index < -0.39 is 5.97 Å². The van der Waals surface area contributed by atoms with Gasteiger partial charge in [-0.25, -0.2) is 0 Å². The molecule has 0 fully saturated rings. The number of nitrogens with two attached hydrogens (primary N) is 1. The van der Waals surface area contributed by atoms with Crippen molar-refractivity contribution in [1.82, 2.24) is 0 Å². The van der Waals surface area contributed by atoms with Gasteiger partial charge in [-0.1, -0.05) is 11.6 Å². The van der Waals surface area contributed by atoms with Crippen LogP contribution in [0.3, 0.4) is 0 Å². The summed E-state index contributed by atoms with van der Waals surface area (Å²) in [7, 11) is 0. The smallest absolute Gasteiger partial charge is 0.303 e. The first-order valence-electron chi connectivity index (χ1n) is 7.69. The van der Waals surface area contributed by atoms with Gasteiger partial charge in [-0.2, -0.15) is 0 Å². The first kappa shape index (κ1) is 15.4. The Bertz CT molecular complexity index is 565. The minimum Gasteiger partial charge on any atom is -0.493 e. The number of ether oxygens (including phenoxy) is 2. The summed E-state index contributed by atoms with van der Waals surface area (Å²) in [6.45, 7) is 1.29. The summed E-state index contributed by atoms with van der Waals surface area (Å²) in [5.41, 5.74) is 9.15. The van der Waals surface area contributed by atoms with Crippen molar-refractivity contribution in [1.29, 1.82) is 0 Å². The number of hydrogen-bond acceptors (Lipinski definition) is 4. The van der Waals surface area contributed by atoms with Crippen LogP contribution in [0.15, 0.2) is 0 Å². The molecule has 3 rings (SSSR count). The van der Waals surface area contributed by atoms with Crippen LogP contribution in [0.1, 0.15) is 48.4 Å². The van der Waals surface area contributed by atoms with Crippen molar-refractivity contribution in [2.75, 3.05) is 13.2 Å². The van der Waals surface area contributed by atoms with E-state index in [0.717, 1.165) is 53.9 Å². The third-order valence-corrected chi connectivity index (χ3v) is 4.66. The quantitative estimate of drug-likeness (QED) is 0.889. The van der Waals surface area contributed by atoms with E-state index in [1.165, 1.54) is 0 Å². The van der Waals surface area contributed by atoms with Crippen molar-refractivity contribution in [2.24, 2.45) is 5.73 Å². The van der Waals surface area contributed by atoms with Gasteiger partial charge in [0, 0.05) is 29.2 Å². The van der Waals surface area contributed by atoms with E-state index in [0.29, 0.717) is 24.7 Å². The number of hydrogen-bond donors (Lipinski definition) is 2. The molecular formula is C16H20ClNO4. The topological polar surface area (TPSA) is 81.8 Å². The first-order valence-corrected chi connectivity index (χ1v) is 8.07. The second-order valence-electron chi connectivity index (χ2n) is 5.79. The summed E-state index contributed by atoms with van der Waals surface area (Å²) in [5, 5.41) is 9.54. The number of halogens is 1. The van der Waals surface area contributed by atoms with Gasteiger partial charge in [-0.3, -0.25) is 4.79 Å². The van der Waals surface area contributed by atoms with Crippen LogP contribution in [0.25, 0.3) is 0 Å². The summed E-state index contributed by atoms with van der Waals surface area (Å²) in [4.78, 5) is 10.8. The SMILES string of the molecule is NC(CCC(=O)O)c1c2c(c(Cl)c3c1OCCC3)OCCC2. The molecule has 5 nitrogen and oxygen atoms in total. The maximum atomic E-state index is 10.8. The van der Waals surface area contributed by atoms with E-state index in [2.05, 4.69) is 0 Å². The van der Waals surface area contributed by atoms with Gasteiger partial charge in [0.1, 0.15) is 11.5 Å². The fourth-order valence-corrected chi connectivity index (χ4v) is 3.59. The molecule has 6 heteroatoms. The molecule has 3 N–H and O–H groups in total. The number of benzene rings is 1. The normalized spacial score (nSPS) is 17.7. The number of carboxylic acid groups (broad SMARTS) is 1. The highest BCUT2D eigenvalue weighted by Gasteiger charge is 2.31. The van der Waals surface area contributed by atoms with Crippen LogP contribution in [-0.4, -0.2) is 24.3 Å². The highest BCUT2D eigenvalue weighted by Crippen LogP contribution is 2.48. The summed E-state index contributed by atoms with van der Waals surface area (Å²) >= 11 is 6.51. The molecule has 0 aliphatic carbocycles. The summed E-state index contributed by atoms with van der Waals surface area (Å²) in [6, 6.07) is -0.379. The zero-order chi connectivity index (χ0) is 15.7. The molecule has 1 unspecified atom stereocenters. The number of carbonyl (C=O) groups is 1.